The second-order valence-corrected chi connectivity index (χ2v) is 5.37. The van der Waals surface area contributed by atoms with Gasteiger partial charge in [0.25, 0.3) is 5.91 Å². The van der Waals surface area contributed by atoms with E-state index in [1.807, 2.05) is 19.1 Å². The SMILES string of the molecule is Cc1ccc(NC(=O)[C@H](C)OC(=O)c2cccc(C)c2O)cc1. The van der Waals surface area contributed by atoms with Crippen molar-refractivity contribution >= 4 is 17.6 Å². The average molecular weight is 313 g/mol. The standard InChI is InChI=1S/C18H19NO4/c1-11-7-9-14(10-8-11)19-17(21)13(3)23-18(22)15-6-4-5-12(2)16(15)20/h4-10,13,20H,1-3H3,(H,19,21)/t13-/m0/s1. The molecule has 0 aliphatic heterocycles. The molecule has 1 amide bonds. The van der Waals surface area contributed by atoms with Gasteiger partial charge in [-0.2, -0.15) is 0 Å². The molecule has 0 spiro atoms. The molecule has 0 saturated carbocycles. The smallest absolute Gasteiger partial charge is 0.342 e. The third kappa shape index (κ3) is 4.10. The van der Waals surface area contributed by atoms with Crippen molar-refractivity contribution in [3.8, 4) is 5.75 Å². The normalized spacial score (nSPS) is 11.6. The molecule has 0 aliphatic carbocycles. The monoisotopic (exact) mass is 313 g/mol. The zero-order chi connectivity index (χ0) is 17.0. The largest absolute Gasteiger partial charge is 0.507 e. The summed E-state index contributed by atoms with van der Waals surface area (Å²) in [4.78, 5) is 24.1. The lowest BCUT2D eigenvalue weighted by atomic mass is 10.1. The predicted octanol–water partition coefficient (Wildman–Crippen LogP) is 3.19. The molecule has 0 bridgehead atoms. The number of hydrogen-bond donors (Lipinski definition) is 2. The number of phenols is 1. The minimum absolute atomic E-state index is 0.0417. The molecule has 1 atom stereocenters. The second-order valence-electron chi connectivity index (χ2n) is 5.37. The van der Waals surface area contributed by atoms with Gasteiger partial charge in [-0.05, 0) is 44.5 Å². The number of para-hydroxylation sites is 1. The van der Waals surface area contributed by atoms with Gasteiger partial charge in [0.2, 0.25) is 0 Å². The van der Waals surface area contributed by atoms with Crippen molar-refractivity contribution in [3.05, 3.63) is 59.2 Å². The van der Waals surface area contributed by atoms with Gasteiger partial charge >= 0.3 is 5.97 Å². The minimum atomic E-state index is -0.983. The first-order valence-corrected chi connectivity index (χ1v) is 7.25. The molecule has 0 radical (unpaired) electrons. The lowest BCUT2D eigenvalue weighted by molar-refractivity contribution is -0.123. The van der Waals surface area contributed by atoms with Gasteiger partial charge in [-0.15, -0.1) is 0 Å². The number of hydrogen-bond acceptors (Lipinski definition) is 4. The Bertz CT molecular complexity index is 722. The molecule has 0 heterocycles. The van der Waals surface area contributed by atoms with Crippen LogP contribution in [0, 0.1) is 13.8 Å². The van der Waals surface area contributed by atoms with Crippen LogP contribution < -0.4 is 5.32 Å². The van der Waals surface area contributed by atoms with E-state index in [4.69, 9.17) is 4.74 Å². The van der Waals surface area contributed by atoms with E-state index < -0.39 is 18.0 Å². The first-order chi connectivity index (χ1) is 10.9. The molecule has 0 unspecified atom stereocenters. The Morgan fingerprint density at radius 3 is 2.39 bits per heavy atom. The van der Waals surface area contributed by atoms with Crippen LogP contribution in [0.3, 0.4) is 0 Å². The molecule has 2 aromatic rings. The van der Waals surface area contributed by atoms with E-state index in [1.54, 1.807) is 31.2 Å². The number of nitrogens with one attached hydrogen (secondary N) is 1. The van der Waals surface area contributed by atoms with E-state index in [1.165, 1.54) is 13.0 Å². The maximum atomic E-state index is 12.1. The van der Waals surface area contributed by atoms with E-state index in [-0.39, 0.29) is 11.3 Å². The van der Waals surface area contributed by atoms with E-state index in [0.29, 0.717) is 11.3 Å². The Morgan fingerprint density at radius 1 is 1.09 bits per heavy atom. The lowest BCUT2D eigenvalue weighted by Crippen LogP contribution is -2.30. The summed E-state index contributed by atoms with van der Waals surface area (Å²) >= 11 is 0. The highest BCUT2D eigenvalue weighted by Gasteiger charge is 2.21. The summed E-state index contributed by atoms with van der Waals surface area (Å²) in [5.41, 5.74) is 2.32. The van der Waals surface area contributed by atoms with E-state index in [2.05, 4.69) is 5.32 Å². The molecular weight excluding hydrogens is 294 g/mol. The highest BCUT2D eigenvalue weighted by Crippen LogP contribution is 2.22. The van der Waals surface area contributed by atoms with Crippen LogP contribution in [0.4, 0.5) is 5.69 Å². The first-order valence-electron chi connectivity index (χ1n) is 7.25. The number of benzene rings is 2. The zero-order valence-corrected chi connectivity index (χ0v) is 13.3. The van der Waals surface area contributed by atoms with Gasteiger partial charge in [-0.1, -0.05) is 29.8 Å². The fraction of sp³-hybridized carbons (Fsp3) is 0.222. The lowest BCUT2D eigenvalue weighted by Gasteiger charge is -2.14. The predicted molar refractivity (Wildman–Crippen MR) is 87.5 cm³/mol. The van der Waals surface area contributed by atoms with Crippen LogP contribution in [-0.2, 0) is 9.53 Å². The van der Waals surface area contributed by atoms with Crippen LogP contribution in [0.5, 0.6) is 5.75 Å². The minimum Gasteiger partial charge on any atom is -0.507 e. The van der Waals surface area contributed by atoms with Crippen LogP contribution in [0.15, 0.2) is 42.5 Å². The first kappa shape index (κ1) is 16.5. The number of carbonyl (C=O) groups excluding carboxylic acids is 2. The summed E-state index contributed by atoms with van der Waals surface area (Å²) < 4.78 is 5.12. The Balaban J connectivity index is 2.01. The van der Waals surface area contributed by atoms with Gasteiger partial charge in [0.1, 0.15) is 11.3 Å². The second kappa shape index (κ2) is 6.96. The summed E-state index contributed by atoms with van der Waals surface area (Å²) in [6.07, 6.45) is -0.983. The summed E-state index contributed by atoms with van der Waals surface area (Å²) in [5, 5.41) is 12.6. The Labute approximate surface area is 134 Å². The van der Waals surface area contributed by atoms with Crippen molar-refractivity contribution in [1.82, 2.24) is 0 Å². The molecule has 0 aromatic heterocycles. The topological polar surface area (TPSA) is 75.6 Å². The summed E-state index contributed by atoms with van der Waals surface area (Å²) in [7, 11) is 0. The molecule has 23 heavy (non-hydrogen) atoms. The molecule has 120 valence electrons. The van der Waals surface area contributed by atoms with Gasteiger partial charge in [-0.3, -0.25) is 4.79 Å². The van der Waals surface area contributed by atoms with Crippen molar-refractivity contribution in [1.29, 1.82) is 0 Å². The molecule has 0 aliphatic rings. The zero-order valence-electron chi connectivity index (χ0n) is 13.3. The average Bonchev–Trinajstić information content (AvgIpc) is 2.52. The van der Waals surface area contributed by atoms with Crippen molar-refractivity contribution in [3.63, 3.8) is 0 Å². The van der Waals surface area contributed by atoms with E-state index >= 15 is 0 Å². The number of esters is 1. The maximum Gasteiger partial charge on any atom is 0.342 e. The molecule has 2 aromatic carbocycles. The van der Waals surface area contributed by atoms with Gasteiger partial charge in [0.05, 0.1) is 0 Å². The Hall–Kier alpha value is -2.82. The third-order valence-corrected chi connectivity index (χ3v) is 3.43. The molecule has 5 nitrogen and oxygen atoms in total. The molecule has 2 N–H and O–H groups in total. The van der Waals surface area contributed by atoms with Crippen LogP contribution in [0.25, 0.3) is 0 Å². The number of amides is 1. The number of aromatic hydroxyl groups is 1. The van der Waals surface area contributed by atoms with Gasteiger partial charge in [0.15, 0.2) is 6.10 Å². The number of carbonyl (C=O) groups is 2. The summed E-state index contributed by atoms with van der Waals surface area (Å²) in [6.45, 7) is 5.11. The molecule has 5 heteroatoms. The number of aryl methyl sites for hydroxylation is 2. The van der Waals surface area contributed by atoms with Crippen molar-refractivity contribution < 1.29 is 19.4 Å². The Morgan fingerprint density at radius 2 is 1.74 bits per heavy atom. The molecule has 0 saturated heterocycles. The fourth-order valence-corrected chi connectivity index (χ4v) is 1.98. The summed E-state index contributed by atoms with van der Waals surface area (Å²) in [6, 6.07) is 12.1. The third-order valence-electron chi connectivity index (χ3n) is 3.43. The van der Waals surface area contributed by atoms with Gasteiger partial charge < -0.3 is 15.2 Å². The van der Waals surface area contributed by atoms with Gasteiger partial charge in [0, 0.05) is 5.69 Å². The van der Waals surface area contributed by atoms with Crippen molar-refractivity contribution in [2.45, 2.75) is 26.9 Å². The number of ether oxygens (including phenoxy) is 1. The fourth-order valence-electron chi connectivity index (χ4n) is 1.98. The van der Waals surface area contributed by atoms with Crippen LogP contribution in [0.2, 0.25) is 0 Å². The molecule has 0 fully saturated rings. The van der Waals surface area contributed by atoms with Crippen molar-refractivity contribution in [2.75, 3.05) is 5.32 Å². The quantitative estimate of drug-likeness (QED) is 0.850. The van der Waals surface area contributed by atoms with Crippen LogP contribution >= 0.6 is 0 Å². The van der Waals surface area contributed by atoms with Crippen LogP contribution in [-0.4, -0.2) is 23.1 Å². The summed E-state index contributed by atoms with van der Waals surface area (Å²) in [5.74, 6) is -1.31. The number of phenolic OH excluding ortho intramolecular Hbond substituents is 1. The van der Waals surface area contributed by atoms with E-state index in [0.717, 1.165) is 5.56 Å². The molecular formula is C18H19NO4. The number of anilines is 1. The van der Waals surface area contributed by atoms with Gasteiger partial charge in [-0.25, -0.2) is 4.79 Å². The number of rotatable bonds is 4. The van der Waals surface area contributed by atoms with E-state index in [9.17, 15) is 14.7 Å². The maximum absolute atomic E-state index is 12.1. The highest BCUT2D eigenvalue weighted by atomic mass is 16.5. The van der Waals surface area contributed by atoms with Crippen molar-refractivity contribution in [2.24, 2.45) is 0 Å². The molecule has 2 rings (SSSR count). The highest BCUT2D eigenvalue weighted by molar-refractivity contribution is 5.98. The Kier molecular flexibility index (Phi) is 5.01. The van der Waals surface area contributed by atoms with Crippen LogP contribution in [0.1, 0.15) is 28.4 Å².